The zero-order valence-corrected chi connectivity index (χ0v) is 23.7. The van der Waals surface area contributed by atoms with Crippen LogP contribution in [0.1, 0.15) is 47.7 Å². The molecule has 0 fully saturated rings. The average Bonchev–Trinajstić information content (AvgIpc) is 3.24. The Kier molecular flexibility index (Phi) is 9.44. The second-order valence-electron chi connectivity index (χ2n) is 10.5. The van der Waals surface area contributed by atoms with Gasteiger partial charge in [0.2, 0.25) is 5.96 Å². The third-order valence-electron chi connectivity index (χ3n) is 6.42. The minimum Gasteiger partial charge on any atom is -0.492 e. The van der Waals surface area contributed by atoms with Crippen molar-refractivity contribution in [3.8, 4) is 5.75 Å². The number of hydrogen-bond acceptors (Lipinski definition) is 9. The first-order valence-electron chi connectivity index (χ1n) is 13.0. The predicted molar refractivity (Wildman–Crippen MR) is 156 cm³/mol. The first-order chi connectivity index (χ1) is 19.1. The number of rotatable bonds is 2. The number of ether oxygens (including phenoxy) is 1. The minimum atomic E-state index is -0.719. The molecule has 0 saturated heterocycles. The van der Waals surface area contributed by atoms with E-state index in [2.05, 4.69) is 46.1 Å². The van der Waals surface area contributed by atoms with Gasteiger partial charge < -0.3 is 24.2 Å². The molecule has 0 spiro atoms. The lowest BCUT2D eigenvalue weighted by Crippen LogP contribution is -2.42. The van der Waals surface area contributed by atoms with E-state index in [0.717, 1.165) is 11.3 Å². The Bertz CT molecular complexity index is 1430. The van der Waals surface area contributed by atoms with E-state index in [0.29, 0.717) is 79.6 Å². The molecule has 3 aliphatic rings. The number of guanidine groups is 1. The number of benzene rings is 2. The maximum Gasteiger partial charge on any atom is 0.519 e. The van der Waals surface area contributed by atoms with E-state index in [-0.39, 0.29) is 11.3 Å². The maximum absolute atomic E-state index is 12.9. The molecule has 212 valence electrons. The van der Waals surface area contributed by atoms with Crippen molar-refractivity contribution in [2.45, 2.75) is 40.3 Å². The average molecular weight is 568 g/mol. The van der Waals surface area contributed by atoms with Crippen LogP contribution in [-0.4, -0.2) is 49.7 Å². The summed E-state index contributed by atoms with van der Waals surface area (Å²) in [6.45, 7) is 12.3. The number of halogens is 1. The summed E-state index contributed by atoms with van der Waals surface area (Å²) < 4.78 is 16.3. The van der Waals surface area contributed by atoms with Crippen molar-refractivity contribution in [1.82, 2.24) is 10.2 Å². The molecule has 11 heteroatoms. The van der Waals surface area contributed by atoms with Crippen LogP contribution in [0.3, 0.4) is 0 Å². The van der Waals surface area contributed by atoms with Crippen molar-refractivity contribution in [2.24, 2.45) is 15.4 Å². The molecule has 6 rings (SSSR count). The van der Waals surface area contributed by atoms with Gasteiger partial charge in [-0.1, -0.05) is 31.5 Å². The zero-order valence-electron chi connectivity index (χ0n) is 23.0. The number of aryl methyl sites for hydroxylation is 1. The van der Waals surface area contributed by atoms with Crippen molar-refractivity contribution in [3.05, 3.63) is 80.8 Å². The fourth-order valence-electron chi connectivity index (χ4n) is 4.38. The summed E-state index contributed by atoms with van der Waals surface area (Å²) in [6.07, 6.45) is 0.693. The number of hydrogen-bond donors (Lipinski definition) is 2. The highest BCUT2D eigenvalue weighted by molar-refractivity contribution is 6.32. The van der Waals surface area contributed by atoms with Gasteiger partial charge >= 0.3 is 5.82 Å². The lowest BCUT2D eigenvalue weighted by Gasteiger charge is -2.32. The molecule has 2 N–H and O–H groups in total. The monoisotopic (exact) mass is 567 g/mol. The number of carbonyl (C=O) groups excluding carboxylic acids is 1. The van der Waals surface area contributed by atoms with Crippen LogP contribution in [0, 0.1) is 12.3 Å². The molecule has 0 unspecified atom stereocenters. The van der Waals surface area contributed by atoms with Crippen LogP contribution in [0.25, 0.3) is 0 Å². The largest absolute Gasteiger partial charge is 0.519 e. The normalized spacial score (nSPS) is 17.1. The van der Waals surface area contributed by atoms with Gasteiger partial charge in [0.15, 0.2) is 5.76 Å². The fourth-order valence-corrected chi connectivity index (χ4v) is 4.64. The first kappa shape index (κ1) is 29.1. The number of aliphatic imine (C=N–C) groups is 2. The lowest BCUT2D eigenvalue weighted by molar-refractivity contribution is 0.0914. The predicted octanol–water partition coefficient (Wildman–Crippen LogP) is 4.90. The molecule has 3 aromatic rings. The summed E-state index contributed by atoms with van der Waals surface area (Å²) in [5.74, 6) is 0.987. The molecule has 4 heterocycles. The molecule has 1 amide bonds. The van der Waals surface area contributed by atoms with Crippen LogP contribution < -0.4 is 21.2 Å². The highest BCUT2D eigenvalue weighted by Gasteiger charge is 2.25. The van der Waals surface area contributed by atoms with Crippen molar-refractivity contribution < 1.29 is 18.4 Å². The Morgan fingerprint density at radius 1 is 1.15 bits per heavy atom. The van der Waals surface area contributed by atoms with E-state index < -0.39 is 5.82 Å². The number of amides is 1. The van der Waals surface area contributed by atoms with Crippen LogP contribution in [0.5, 0.6) is 5.75 Å². The van der Waals surface area contributed by atoms with Crippen LogP contribution in [0.2, 0.25) is 5.02 Å². The molecule has 3 aliphatic heterocycles. The Hall–Kier alpha value is -3.89. The van der Waals surface area contributed by atoms with Crippen molar-refractivity contribution >= 4 is 35.9 Å². The third kappa shape index (κ3) is 8.06. The molecule has 10 nitrogen and oxygen atoms in total. The first-order valence-corrected chi connectivity index (χ1v) is 13.4. The maximum atomic E-state index is 12.9. The quantitative estimate of drug-likeness (QED) is 0.422. The van der Waals surface area contributed by atoms with Crippen molar-refractivity contribution in [2.75, 3.05) is 31.6 Å². The fraction of sp³-hybridized carbons (Fsp3) is 0.379. The molecule has 4 bridgehead atoms. The van der Waals surface area contributed by atoms with Crippen LogP contribution >= 0.6 is 11.6 Å². The molecule has 2 aromatic carbocycles. The summed E-state index contributed by atoms with van der Waals surface area (Å²) in [7, 11) is 0. The number of carbonyl (C=O) groups is 1. The summed E-state index contributed by atoms with van der Waals surface area (Å²) in [5.41, 5.74) is 1.85. The molecule has 1 aromatic heterocycles. The highest BCUT2D eigenvalue weighted by atomic mass is 35.5. The Morgan fingerprint density at radius 2 is 1.93 bits per heavy atom. The van der Waals surface area contributed by atoms with Gasteiger partial charge in [-0.2, -0.15) is 0 Å². The third-order valence-corrected chi connectivity index (χ3v) is 6.71. The molecule has 40 heavy (non-hydrogen) atoms. The van der Waals surface area contributed by atoms with E-state index in [4.69, 9.17) is 25.2 Å². The molecule has 0 aliphatic carbocycles. The van der Waals surface area contributed by atoms with Gasteiger partial charge in [-0.3, -0.25) is 9.69 Å². The number of nitrogens with zero attached hydrogens (tertiary/aromatic N) is 3. The smallest absolute Gasteiger partial charge is 0.492 e. The van der Waals surface area contributed by atoms with E-state index in [1.54, 1.807) is 31.2 Å². The van der Waals surface area contributed by atoms with Crippen molar-refractivity contribution in [3.63, 3.8) is 0 Å². The second kappa shape index (κ2) is 13.0. The summed E-state index contributed by atoms with van der Waals surface area (Å²) in [4.78, 5) is 35.1. The summed E-state index contributed by atoms with van der Waals surface area (Å²) in [6, 6.07) is 12.6. The molecular formula is C29H34ClN5O5. The molecule has 0 saturated carbocycles. The van der Waals surface area contributed by atoms with Gasteiger partial charge in [-0.15, -0.1) is 0 Å². The van der Waals surface area contributed by atoms with E-state index in [9.17, 15) is 9.59 Å². The lowest BCUT2D eigenvalue weighted by atomic mass is 9.92. The zero-order chi connectivity index (χ0) is 28.7. The second-order valence-corrected chi connectivity index (χ2v) is 10.9. The Labute approximate surface area is 238 Å². The Morgan fingerprint density at radius 3 is 2.60 bits per heavy atom. The van der Waals surface area contributed by atoms with Gasteiger partial charge in [-0.25, -0.2) is 14.8 Å². The summed E-state index contributed by atoms with van der Waals surface area (Å²) in [5, 5.41) is 6.65. The molecule has 0 atom stereocenters. The van der Waals surface area contributed by atoms with E-state index in [1.807, 2.05) is 18.2 Å². The molecule has 0 radical (unpaired) electrons. The van der Waals surface area contributed by atoms with E-state index in [1.165, 1.54) is 0 Å². The van der Waals surface area contributed by atoms with Crippen LogP contribution in [0.4, 0.5) is 5.69 Å². The number of nitrogens with one attached hydrogen (secondary N) is 2. The molecular weight excluding hydrogens is 534 g/mol. The minimum absolute atomic E-state index is 0.172. The van der Waals surface area contributed by atoms with Gasteiger partial charge in [0, 0.05) is 30.9 Å². The summed E-state index contributed by atoms with van der Waals surface area (Å²) >= 11 is 6.49. The van der Waals surface area contributed by atoms with E-state index >= 15 is 0 Å². The topological polar surface area (TPSA) is 122 Å². The van der Waals surface area contributed by atoms with Crippen LogP contribution in [-0.2, 0) is 13.1 Å². The van der Waals surface area contributed by atoms with Gasteiger partial charge in [0.25, 0.3) is 5.91 Å². The Balaban J connectivity index is 1.57. The van der Waals surface area contributed by atoms with Crippen LogP contribution in [0.15, 0.2) is 66.1 Å². The van der Waals surface area contributed by atoms with Gasteiger partial charge in [0.1, 0.15) is 11.5 Å². The number of anilines is 1. The number of fused-ring (bicyclic) bond motifs is 2. The standard InChI is InChI=1S/C29H34ClN5O5/c1-19-25(40-28(37)39-19)16-35-12-5-13-38-24-11-6-20(14-23(24)30)15-32-27(31-4)34-22-9-7-21(8-10-22)26(36)33-17-29(2,3)18-35/h6-11,14H,4-5,12-13,15-18H2,1-3H3,(H,32,34)(H,33,36). The highest BCUT2D eigenvalue weighted by Crippen LogP contribution is 2.26. The van der Waals surface area contributed by atoms with Crippen molar-refractivity contribution in [1.29, 1.82) is 0 Å². The SMILES string of the molecule is C=NC1=NCc2ccc(c(Cl)c2)OCCCN(Cc2oc(=O)oc2C)CC(C)(C)CNC(=O)c2ccc(cc2)N1. The van der Waals surface area contributed by atoms with Gasteiger partial charge in [-0.05, 0) is 67.4 Å². The van der Waals surface area contributed by atoms with Gasteiger partial charge in [0.05, 0.1) is 24.7 Å².